The van der Waals surface area contributed by atoms with Gasteiger partial charge in [-0.05, 0) is 47.8 Å². The van der Waals surface area contributed by atoms with Crippen molar-refractivity contribution >= 4 is 21.4 Å². The van der Waals surface area contributed by atoms with Crippen molar-refractivity contribution in [2.75, 3.05) is 20.2 Å². The molecule has 1 aliphatic heterocycles. The first-order valence-electron chi connectivity index (χ1n) is 10.1. The van der Waals surface area contributed by atoms with E-state index < -0.39 is 0 Å². The van der Waals surface area contributed by atoms with Crippen LogP contribution in [0.4, 0.5) is 4.39 Å². The Bertz CT molecular complexity index is 1210. The Morgan fingerprint density at radius 2 is 2.03 bits per heavy atom. The van der Waals surface area contributed by atoms with Gasteiger partial charge in [0.1, 0.15) is 11.6 Å². The fourth-order valence-electron chi connectivity index (χ4n) is 4.45. The minimum Gasteiger partial charge on any atom is -0.496 e. The van der Waals surface area contributed by atoms with E-state index in [-0.39, 0.29) is 11.7 Å². The smallest absolute Gasteiger partial charge is 0.137 e. The predicted molar refractivity (Wildman–Crippen MR) is 119 cm³/mol. The third-order valence-electron chi connectivity index (χ3n) is 5.97. The van der Waals surface area contributed by atoms with Crippen LogP contribution in [0.25, 0.3) is 21.3 Å². The van der Waals surface area contributed by atoms with Crippen LogP contribution in [0.2, 0.25) is 0 Å². The van der Waals surface area contributed by atoms with E-state index in [1.54, 1.807) is 36.8 Å². The molecule has 4 nitrogen and oxygen atoms in total. The second-order valence-electron chi connectivity index (χ2n) is 7.50. The molecule has 0 N–H and O–H groups in total. The van der Waals surface area contributed by atoms with Crippen molar-refractivity contribution in [2.24, 2.45) is 0 Å². The quantitative estimate of drug-likeness (QED) is 0.439. The van der Waals surface area contributed by atoms with Gasteiger partial charge in [0, 0.05) is 52.0 Å². The highest BCUT2D eigenvalue weighted by molar-refractivity contribution is 7.17. The average molecular weight is 420 g/mol. The number of nitrogens with zero attached hydrogens (tertiary/aromatic N) is 3. The molecule has 0 amide bonds. The highest BCUT2D eigenvalue weighted by Gasteiger charge is 2.31. The Balaban J connectivity index is 1.68. The zero-order valence-electron chi connectivity index (χ0n) is 16.9. The molecule has 1 atom stereocenters. The number of fused-ring (bicyclic) bond motifs is 2. The standard InChI is InChI=1S/C24H22FN3OS/c1-3-28-13-19(16-8-9-22-18(10-12-30-22)24(16)29-2)15-6-7-17(23(25)20(15)14-28)21-5-4-11-26-27-21/h4-12,19H,3,13-14H2,1-2H3. The maximum Gasteiger partial charge on any atom is 0.137 e. The van der Waals surface area contributed by atoms with Crippen molar-refractivity contribution < 1.29 is 9.13 Å². The fraction of sp³-hybridized carbons (Fsp3) is 0.250. The molecule has 6 heteroatoms. The molecular weight excluding hydrogens is 397 g/mol. The van der Waals surface area contributed by atoms with Crippen LogP contribution >= 0.6 is 11.3 Å². The molecule has 5 rings (SSSR count). The zero-order valence-corrected chi connectivity index (χ0v) is 17.7. The second kappa shape index (κ2) is 7.78. The highest BCUT2D eigenvalue weighted by Crippen LogP contribution is 2.43. The third-order valence-corrected chi connectivity index (χ3v) is 6.85. The van der Waals surface area contributed by atoms with E-state index in [9.17, 15) is 0 Å². The minimum absolute atomic E-state index is 0.0401. The Morgan fingerprint density at radius 1 is 1.17 bits per heavy atom. The van der Waals surface area contributed by atoms with Crippen LogP contribution < -0.4 is 4.74 Å². The van der Waals surface area contributed by atoms with Gasteiger partial charge in [-0.2, -0.15) is 10.2 Å². The number of rotatable bonds is 4. The van der Waals surface area contributed by atoms with Crippen LogP contribution in [0.1, 0.15) is 29.5 Å². The number of halogens is 1. The number of hydrogen-bond acceptors (Lipinski definition) is 5. The van der Waals surface area contributed by atoms with Gasteiger partial charge in [0.15, 0.2) is 0 Å². The summed E-state index contributed by atoms with van der Waals surface area (Å²) in [7, 11) is 1.72. The SMILES string of the molecule is CCN1Cc2c(ccc(-c3cccnn3)c2F)C(c2ccc3sccc3c2OC)C1. The van der Waals surface area contributed by atoms with E-state index in [2.05, 4.69) is 51.7 Å². The molecule has 1 unspecified atom stereocenters. The van der Waals surface area contributed by atoms with E-state index in [0.29, 0.717) is 17.8 Å². The van der Waals surface area contributed by atoms with E-state index >= 15 is 4.39 Å². The lowest BCUT2D eigenvalue weighted by Gasteiger charge is -2.35. The molecule has 0 radical (unpaired) electrons. The molecule has 1 aliphatic rings. The van der Waals surface area contributed by atoms with Crippen LogP contribution in [-0.4, -0.2) is 35.3 Å². The summed E-state index contributed by atoms with van der Waals surface area (Å²) >= 11 is 1.70. The van der Waals surface area contributed by atoms with Gasteiger partial charge < -0.3 is 4.74 Å². The normalized spacial score (nSPS) is 16.6. The summed E-state index contributed by atoms with van der Waals surface area (Å²) in [4.78, 5) is 2.29. The monoisotopic (exact) mass is 419 g/mol. The van der Waals surface area contributed by atoms with Gasteiger partial charge >= 0.3 is 0 Å². The van der Waals surface area contributed by atoms with Crippen LogP contribution in [0.5, 0.6) is 5.75 Å². The van der Waals surface area contributed by atoms with Gasteiger partial charge in [0.05, 0.1) is 12.8 Å². The van der Waals surface area contributed by atoms with Crippen LogP contribution in [0.15, 0.2) is 54.0 Å². The van der Waals surface area contributed by atoms with E-state index in [0.717, 1.165) is 40.9 Å². The third kappa shape index (κ3) is 3.07. The first kappa shape index (κ1) is 19.2. The first-order chi connectivity index (χ1) is 14.7. The molecule has 0 saturated heterocycles. The molecule has 0 bridgehead atoms. The zero-order chi connectivity index (χ0) is 20.7. The molecule has 0 spiro atoms. The summed E-state index contributed by atoms with van der Waals surface area (Å²) in [6, 6.07) is 13.8. The van der Waals surface area contributed by atoms with Gasteiger partial charge in [-0.1, -0.05) is 19.1 Å². The lowest BCUT2D eigenvalue weighted by molar-refractivity contribution is 0.247. The summed E-state index contributed by atoms with van der Waals surface area (Å²) in [5.74, 6) is 0.728. The van der Waals surface area contributed by atoms with Gasteiger partial charge in [-0.3, -0.25) is 4.90 Å². The number of methoxy groups -OCH3 is 1. The maximum absolute atomic E-state index is 15.7. The number of thiophene rings is 1. The van der Waals surface area contributed by atoms with E-state index in [4.69, 9.17) is 4.74 Å². The van der Waals surface area contributed by atoms with Crippen molar-refractivity contribution in [3.05, 3.63) is 76.5 Å². The van der Waals surface area contributed by atoms with Gasteiger partial charge in [0.25, 0.3) is 0 Å². The van der Waals surface area contributed by atoms with Crippen LogP contribution in [0.3, 0.4) is 0 Å². The second-order valence-corrected chi connectivity index (χ2v) is 8.45. The summed E-state index contributed by atoms with van der Waals surface area (Å²) in [6.07, 6.45) is 1.60. The molecule has 3 heterocycles. The topological polar surface area (TPSA) is 38.2 Å². The molecule has 152 valence electrons. The maximum atomic E-state index is 15.7. The van der Waals surface area contributed by atoms with Gasteiger partial charge in [0.2, 0.25) is 0 Å². The first-order valence-corrected chi connectivity index (χ1v) is 10.9. The summed E-state index contributed by atoms with van der Waals surface area (Å²) < 4.78 is 22.8. The molecule has 0 fully saturated rings. The summed E-state index contributed by atoms with van der Waals surface area (Å²) in [5, 5.41) is 11.2. The van der Waals surface area contributed by atoms with Crippen molar-refractivity contribution in [3.63, 3.8) is 0 Å². The van der Waals surface area contributed by atoms with Crippen molar-refractivity contribution in [2.45, 2.75) is 19.4 Å². The number of aromatic nitrogens is 2. The Kier molecular flexibility index (Phi) is 4.97. The lowest BCUT2D eigenvalue weighted by Crippen LogP contribution is -2.34. The summed E-state index contributed by atoms with van der Waals surface area (Å²) in [5.41, 5.74) is 3.93. The predicted octanol–water partition coefficient (Wildman–Crippen LogP) is 5.47. The van der Waals surface area contributed by atoms with Crippen LogP contribution in [0, 0.1) is 5.82 Å². The number of ether oxygens (including phenoxy) is 1. The van der Waals surface area contributed by atoms with E-state index in [1.807, 2.05) is 6.07 Å². The molecule has 30 heavy (non-hydrogen) atoms. The number of benzene rings is 2. The Morgan fingerprint density at radius 3 is 2.80 bits per heavy atom. The van der Waals surface area contributed by atoms with Crippen molar-refractivity contribution in [3.8, 4) is 17.0 Å². The number of likely N-dealkylation sites (N-methyl/N-ethyl adjacent to an activating group) is 1. The van der Waals surface area contributed by atoms with Crippen molar-refractivity contribution in [1.82, 2.24) is 15.1 Å². The minimum atomic E-state index is -0.202. The Hall–Kier alpha value is -2.83. The lowest BCUT2D eigenvalue weighted by atomic mass is 9.82. The largest absolute Gasteiger partial charge is 0.496 e. The molecule has 2 aromatic heterocycles. The molecule has 0 saturated carbocycles. The van der Waals surface area contributed by atoms with E-state index in [1.165, 1.54) is 4.70 Å². The van der Waals surface area contributed by atoms with Crippen molar-refractivity contribution in [1.29, 1.82) is 0 Å². The fourth-order valence-corrected chi connectivity index (χ4v) is 5.24. The van der Waals surface area contributed by atoms with Gasteiger partial charge in [-0.15, -0.1) is 11.3 Å². The molecule has 0 aliphatic carbocycles. The van der Waals surface area contributed by atoms with Gasteiger partial charge in [-0.25, -0.2) is 4.39 Å². The summed E-state index contributed by atoms with van der Waals surface area (Å²) in [6.45, 7) is 4.39. The molecular formula is C24H22FN3OS. The number of hydrogen-bond donors (Lipinski definition) is 0. The average Bonchev–Trinajstić information content (AvgIpc) is 3.27. The Labute approximate surface area is 178 Å². The highest BCUT2D eigenvalue weighted by atomic mass is 32.1. The molecule has 2 aromatic carbocycles. The van der Waals surface area contributed by atoms with Crippen LogP contribution in [-0.2, 0) is 6.54 Å². The molecule has 4 aromatic rings.